The van der Waals surface area contributed by atoms with E-state index in [0.717, 1.165) is 19.3 Å². The summed E-state index contributed by atoms with van der Waals surface area (Å²) in [6, 6.07) is 7.47. The van der Waals surface area contributed by atoms with E-state index in [1.165, 1.54) is 47.4 Å². The number of hydrogen-bond acceptors (Lipinski definition) is 8. The van der Waals surface area contributed by atoms with Crippen LogP contribution in [-0.2, 0) is 4.79 Å². The van der Waals surface area contributed by atoms with Crippen LogP contribution in [0.4, 0.5) is 24.0 Å². The van der Waals surface area contributed by atoms with Crippen molar-refractivity contribution in [3.8, 4) is 11.8 Å². The second-order valence-corrected chi connectivity index (χ2v) is 8.86. The zero-order valence-electron chi connectivity index (χ0n) is 15.7. The number of hydrogen-bond donors (Lipinski definition) is 2. The average molecular weight is 458 g/mol. The molecule has 0 saturated heterocycles. The van der Waals surface area contributed by atoms with Gasteiger partial charge >= 0.3 is 6.36 Å². The largest absolute Gasteiger partial charge is 0.573 e. The van der Waals surface area contributed by atoms with Crippen molar-refractivity contribution in [3.05, 3.63) is 24.3 Å². The first-order chi connectivity index (χ1) is 14.3. The standard InChI is InChI=1S/C18H18F3N5O2S2/c19-18(20,21)28-13-6-4-12(5-7-13)23-15-25-26-16(30-15)29-10-14(27)24-17(11-22)8-2-1-3-9-17/h4-7H,1-3,8-10H2,(H,23,25)(H,24,27). The van der Waals surface area contributed by atoms with Gasteiger partial charge in [0.25, 0.3) is 0 Å². The van der Waals surface area contributed by atoms with Gasteiger partial charge in [0.1, 0.15) is 11.3 Å². The Morgan fingerprint density at radius 3 is 2.57 bits per heavy atom. The third-order valence-electron chi connectivity index (χ3n) is 4.37. The molecule has 1 fully saturated rings. The molecule has 30 heavy (non-hydrogen) atoms. The summed E-state index contributed by atoms with van der Waals surface area (Å²) in [7, 11) is 0. The van der Waals surface area contributed by atoms with Gasteiger partial charge in [0.05, 0.1) is 11.8 Å². The molecule has 1 aliphatic rings. The lowest BCUT2D eigenvalue weighted by atomic mass is 9.83. The molecule has 1 saturated carbocycles. The Morgan fingerprint density at radius 2 is 1.93 bits per heavy atom. The molecule has 3 rings (SSSR count). The Balaban J connectivity index is 1.49. The number of carbonyl (C=O) groups excluding carboxylic acids is 1. The lowest BCUT2D eigenvalue weighted by Crippen LogP contribution is -2.49. The summed E-state index contributed by atoms with van der Waals surface area (Å²) in [5.74, 6) is -0.434. The second-order valence-electron chi connectivity index (χ2n) is 6.66. The number of carbonyl (C=O) groups is 1. The van der Waals surface area contributed by atoms with Gasteiger partial charge in [-0.2, -0.15) is 5.26 Å². The molecule has 0 atom stereocenters. The molecule has 0 radical (unpaired) electrons. The molecule has 0 spiro atoms. The topological polar surface area (TPSA) is 99.9 Å². The van der Waals surface area contributed by atoms with Gasteiger partial charge in [-0.3, -0.25) is 4.79 Å². The molecule has 1 amide bonds. The molecule has 1 aliphatic carbocycles. The maximum absolute atomic E-state index is 12.2. The van der Waals surface area contributed by atoms with Gasteiger partial charge in [-0.05, 0) is 37.1 Å². The number of benzene rings is 1. The summed E-state index contributed by atoms with van der Waals surface area (Å²) < 4.78 is 41.0. The van der Waals surface area contributed by atoms with Crippen LogP contribution in [0.3, 0.4) is 0 Å². The molecule has 12 heteroatoms. The van der Waals surface area contributed by atoms with Crippen molar-refractivity contribution >= 4 is 39.8 Å². The van der Waals surface area contributed by atoms with E-state index >= 15 is 0 Å². The van der Waals surface area contributed by atoms with Crippen molar-refractivity contribution in [3.63, 3.8) is 0 Å². The summed E-state index contributed by atoms with van der Waals surface area (Å²) in [5.41, 5.74) is -0.255. The number of nitrogens with one attached hydrogen (secondary N) is 2. The van der Waals surface area contributed by atoms with Gasteiger partial charge in [0, 0.05) is 5.69 Å². The van der Waals surface area contributed by atoms with E-state index in [-0.39, 0.29) is 17.4 Å². The van der Waals surface area contributed by atoms with Crippen molar-refractivity contribution in [2.45, 2.75) is 48.3 Å². The van der Waals surface area contributed by atoms with E-state index < -0.39 is 11.9 Å². The fourth-order valence-electron chi connectivity index (χ4n) is 3.03. The first-order valence-electron chi connectivity index (χ1n) is 9.08. The van der Waals surface area contributed by atoms with Gasteiger partial charge in [0.2, 0.25) is 11.0 Å². The van der Waals surface area contributed by atoms with Crippen LogP contribution in [0.1, 0.15) is 32.1 Å². The molecule has 1 aromatic heterocycles. The van der Waals surface area contributed by atoms with Gasteiger partial charge in [0.15, 0.2) is 4.34 Å². The molecular formula is C18H18F3N5O2S2. The number of thioether (sulfide) groups is 1. The molecule has 2 aromatic rings. The van der Waals surface area contributed by atoms with Crippen molar-refractivity contribution in [1.82, 2.24) is 15.5 Å². The molecule has 0 bridgehead atoms. The summed E-state index contributed by atoms with van der Waals surface area (Å²) in [5, 5.41) is 23.6. The second kappa shape index (κ2) is 9.53. The monoisotopic (exact) mass is 457 g/mol. The predicted molar refractivity (Wildman–Crippen MR) is 107 cm³/mol. The summed E-state index contributed by atoms with van der Waals surface area (Å²) in [4.78, 5) is 12.2. The van der Waals surface area contributed by atoms with Crippen LogP contribution in [0.5, 0.6) is 5.75 Å². The lowest BCUT2D eigenvalue weighted by molar-refractivity contribution is -0.274. The van der Waals surface area contributed by atoms with E-state index in [4.69, 9.17) is 0 Å². The highest BCUT2D eigenvalue weighted by Crippen LogP contribution is 2.30. The van der Waals surface area contributed by atoms with Crippen molar-refractivity contribution in [1.29, 1.82) is 5.26 Å². The summed E-state index contributed by atoms with van der Waals surface area (Å²) in [6.07, 6.45) is -0.478. The van der Waals surface area contributed by atoms with Gasteiger partial charge in [-0.1, -0.05) is 42.4 Å². The van der Waals surface area contributed by atoms with E-state index in [1.807, 2.05) is 0 Å². The number of alkyl halides is 3. The first-order valence-corrected chi connectivity index (χ1v) is 10.9. The smallest absolute Gasteiger partial charge is 0.406 e. The first kappa shape index (κ1) is 22.2. The Labute approximate surface area is 179 Å². The summed E-state index contributed by atoms with van der Waals surface area (Å²) in [6.45, 7) is 0. The number of aromatic nitrogens is 2. The van der Waals surface area contributed by atoms with E-state index in [1.54, 1.807) is 0 Å². The Bertz CT molecular complexity index is 906. The Morgan fingerprint density at radius 1 is 1.23 bits per heavy atom. The number of nitriles is 1. The minimum atomic E-state index is -4.74. The molecule has 2 N–H and O–H groups in total. The number of halogens is 3. The number of rotatable bonds is 7. The van der Waals surface area contributed by atoms with Gasteiger partial charge in [-0.15, -0.1) is 23.4 Å². The van der Waals surface area contributed by atoms with E-state index in [2.05, 4.69) is 31.6 Å². The Kier molecular flexibility index (Phi) is 7.04. The van der Waals surface area contributed by atoms with Crippen molar-refractivity contribution in [2.75, 3.05) is 11.1 Å². The van der Waals surface area contributed by atoms with Crippen LogP contribution in [0.25, 0.3) is 0 Å². The summed E-state index contributed by atoms with van der Waals surface area (Å²) >= 11 is 2.41. The SMILES string of the molecule is N#CC1(NC(=O)CSc2nnc(Nc3ccc(OC(F)(F)F)cc3)s2)CCCCC1. The molecular weight excluding hydrogens is 439 g/mol. The zero-order valence-corrected chi connectivity index (χ0v) is 17.3. The molecule has 0 unspecified atom stereocenters. The number of nitrogens with zero attached hydrogens (tertiary/aromatic N) is 3. The van der Waals surface area contributed by atoms with Gasteiger partial charge < -0.3 is 15.4 Å². The minimum absolute atomic E-state index is 0.113. The quantitative estimate of drug-likeness (QED) is 0.586. The Hall–Kier alpha value is -2.52. The van der Waals surface area contributed by atoms with Gasteiger partial charge in [-0.25, -0.2) is 0 Å². The van der Waals surface area contributed by atoms with E-state index in [0.29, 0.717) is 28.0 Å². The normalized spacial score (nSPS) is 15.8. The number of amides is 1. The third kappa shape index (κ3) is 6.50. The minimum Gasteiger partial charge on any atom is -0.406 e. The van der Waals surface area contributed by atoms with Crippen molar-refractivity contribution < 1.29 is 22.7 Å². The van der Waals surface area contributed by atoms with Crippen LogP contribution >= 0.6 is 23.1 Å². The highest BCUT2D eigenvalue weighted by molar-refractivity contribution is 8.01. The third-order valence-corrected chi connectivity index (χ3v) is 6.34. The maximum atomic E-state index is 12.2. The number of anilines is 2. The molecule has 7 nitrogen and oxygen atoms in total. The predicted octanol–water partition coefficient (Wildman–Crippen LogP) is 4.62. The maximum Gasteiger partial charge on any atom is 0.573 e. The molecule has 1 heterocycles. The molecule has 0 aliphatic heterocycles. The van der Waals surface area contributed by atoms with Crippen LogP contribution in [0.2, 0.25) is 0 Å². The van der Waals surface area contributed by atoms with Crippen LogP contribution in [-0.4, -0.2) is 33.8 Å². The fraction of sp³-hybridized carbons (Fsp3) is 0.444. The lowest BCUT2D eigenvalue weighted by Gasteiger charge is -2.31. The van der Waals surface area contributed by atoms with Crippen molar-refractivity contribution in [2.24, 2.45) is 0 Å². The van der Waals surface area contributed by atoms with Crippen LogP contribution in [0, 0.1) is 11.3 Å². The highest BCUT2D eigenvalue weighted by atomic mass is 32.2. The van der Waals surface area contributed by atoms with Crippen LogP contribution in [0.15, 0.2) is 28.6 Å². The molecule has 1 aromatic carbocycles. The average Bonchev–Trinajstić information content (AvgIpc) is 3.15. The van der Waals surface area contributed by atoms with Crippen LogP contribution < -0.4 is 15.4 Å². The fourth-order valence-corrected chi connectivity index (χ4v) is 4.60. The highest BCUT2D eigenvalue weighted by Gasteiger charge is 2.33. The molecule has 160 valence electrons. The van der Waals surface area contributed by atoms with E-state index in [9.17, 15) is 23.2 Å². The zero-order chi connectivity index (χ0) is 21.6. The number of ether oxygens (including phenoxy) is 1.